The molecule has 2 amide bonds. The van der Waals surface area contributed by atoms with Crippen molar-refractivity contribution >= 4 is 36.0 Å². The predicted molar refractivity (Wildman–Crippen MR) is 150 cm³/mol. The molecule has 2 N–H and O–H groups in total. The highest BCUT2D eigenvalue weighted by molar-refractivity contribution is 8.01. The third-order valence-corrected chi connectivity index (χ3v) is 6.54. The van der Waals surface area contributed by atoms with Crippen LogP contribution in [0.15, 0.2) is 34.5 Å². The van der Waals surface area contributed by atoms with Crippen molar-refractivity contribution in [3.63, 3.8) is 0 Å². The average molecular weight is 563 g/mol. The zero-order chi connectivity index (χ0) is 28.9. The fourth-order valence-electron chi connectivity index (χ4n) is 3.30. The van der Waals surface area contributed by atoms with Gasteiger partial charge in [0.25, 0.3) is 11.8 Å². The molecule has 0 saturated carbocycles. The van der Waals surface area contributed by atoms with E-state index in [4.69, 9.17) is 28.4 Å². The first-order chi connectivity index (χ1) is 18.7. The maximum Gasteiger partial charge on any atom is 0.252 e. The smallest absolute Gasteiger partial charge is 0.252 e. The van der Waals surface area contributed by atoms with Gasteiger partial charge in [0, 0.05) is 11.1 Å². The van der Waals surface area contributed by atoms with E-state index in [1.807, 2.05) is 0 Å². The number of methoxy groups -OCH3 is 6. The van der Waals surface area contributed by atoms with Crippen molar-refractivity contribution in [2.75, 3.05) is 42.7 Å². The van der Waals surface area contributed by atoms with Crippen molar-refractivity contribution in [1.29, 1.82) is 0 Å². The summed E-state index contributed by atoms with van der Waals surface area (Å²) in [6, 6.07) is 6.78. The lowest BCUT2D eigenvalue weighted by atomic mass is 10.2. The van der Waals surface area contributed by atoms with Gasteiger partial charge in [-0.05, 0) is 38.1 Å². The molecule has 0 aliphatic carbocycles. The van der Waals surface area contributed by atoms with Gasteiger partial charge in [0.15, 0.2) is 23.0 Å². The number of hydrazone groups is 2. The van der Waals surface area contributed by atoms with Crippen molar-refractivity contribution < 1.29 is 38.0 Å². The van der Waals surface area contributed by atoms with Gasteiger partial charge in [0.1, 0.15) is 0 Å². The van der Waals surface area contributed by atoms with Crippen molar-refractivity contribution in [3.05, 3.63) is 35.4 Å². The van der Waals surface area contributed by atoms with Crippen molar-refractivity contribution in [1.82, 2.24) is 10.9 Å². The van der Waals surface area contributed by atoms with E-state index in [1.54, 1.807) is 38.1 Å². The summed E-state index contributed by atoms with van der Waals surface area (Å²) in [4.78, 5) is 25.0. The number of rotatable bonds is 14. The number of thioether (sulfide) groups is 1. The van der Waals surface area contributed by atoms with E-state index >= 15 is 0 Å². The van der Waals surface area contributed by atoms with E-state index in [2.05, 4.69) is 21.1 Å². The van der Waals surface area contributed by atoms with Crippen molar-refractivity contribution in [3.8, 4) is 34.5 Å². The van der Waals surface area contributed by atoms with E-state index in [1.165, 1.54) is 55.1 Å². The fourth-order valence-corrected chi connectivity index (χ4v) is 4.27. The molecule has 0 aliphatic heterocycles. The minimum absolute atomic E-state index is 0.371. The normalized spacial score (nSPS) is 12.5. The van der Waals surface area contributed by atoms with Crippen LogP contribution in [0.3, 0.4) is 0 Å². The van der Waals surface area contributed by atoms with Gasteiger partial charge in [0.2, 0.25) is 11.5 Å². The van der Waals surface area contributed by atoms with E-state index < -0.39 is 10.5 Å². The monoisotopic (exact) mass is 562 g/mol. The lowest BCUT2D eigenvalue weighted by molar-refractivity contribution is -0.120. The molecule has 2 aromatic rings. The second-order valence-electron chi connectivity index (χ2n) is 7.81. The Morgan fingerprint density at radius 2 is 0.949 bits per heavy atom. The Balaban J connectivity index is 1.94. The second kappa shape index (κ2) is 15.3. The van der Waals surface area contributed by atoms with Crippen LogP contribution in [0.25, 0.3) is 0 Å². The zero-order valence-corrected chi connectivity index (χ0v) is 24.0. The highest BCUT2D eigenvalue weighted by atomic mass is 32.2. The summed E-state index contributed by atoms with van der Waals surface area (Å²) < 4.78 is 31.8. The first-order valence-corrected chi connectivity index (χ1v) is 12.6. The summed E-state index contributed by atoms with van der Waals surface area (Å²) in [5, 5.41) is 6.87. The zero-order valence-electron chi connectivity index (χ0n) is 23.2. The number of nitrogens with one attached hydrogen (secondary N) is 2. The number of nitrogens with zero attached hydrogens (tertiary/aromatic N) is 2. The molecule has 0 aromatic heterocycles. The summed E-state index contributed by atoms with van der Waals surface area (Å²) in [5.74, 6) is 2.00. The maximum atomic E-state index is 12.5. The van der Waals surface area contributed by atoms with Crippen LogP contribution in [-0.4, -0.2) is 77.4 Å². The number of hydrogen-bond donors (Lipinski definition) is 2. The number of benzene rings is 2. The SMILES string of the molecule is COc1cc(C=NNC(=O)C(C)SC(C)C(=O)N/N=C/c2cc(OC)c(OC)c(OC)c2)cc(OC)c1OC. The number of carbonyl (C=O) groups excluding carboxylic acids is 2. The first-order valence-electron chi connectivity index (χ1n) is 11.6. The summed E-state index contributed by atoms with van der Waals surface area (Å²) in [6.07, 6.45) is 2.90. The molecule has 39 heavy (non-hydrogen) atoms. The lowest BCUT2D eigenvalue weighted by Gasteiger charge is -2.15. The van der Waals surface area contributed by atoms with Gasteiger partial charge in [-0.25, -0.2) is 10.9 Å². The van der Waals surface area contributed by atoms with Crippen LogP contribution in [0.2, 0.25) is 0 Å². The van der Waals surface area contributed by atoms with Crippen molar-refractivity contribution in [2.24, 2.45) is 10.2 Å². The molecule has 13 heteroatoms. The molecule has 0 bridgehead atoms. The molecule has 2 rings (SSSR count). The van der Waals surface area contributed by atoms with Gasteiger partial charge < -0.3 is 28.4 Å². The number of ether oxygens (including phenoxy) is 6. The molecule has 0 radical (unpaired) electrons. The standard InChI is InChI=1S/C26H34N4O8S/c1-15(25(31)29-27-13-17-9-19(33-3)23(37-7)20(10-17)34-4)39-16(2)26(32)30-28-14-18-11-21(35-5)24(38-8)22(12-18)36-6/h9-16H,1-8H3,(H,29,31)(H,30,32)/b27-13+,28-14?. The maximum absolute atomic E-state index is 12.5. The Kier molecular flexibility index (Phi) is 12.2. The van der Waals surface area contributed by atoms with Crippen LogP contribution in [0.5, 0.6) is 34.5 Å². The van der Waals surface area contributed by atoms with Gasteiger partial charge in [0.05, 0.1) is 65.6 Å². The van der Waals surface area contributed by atoms with Crippen LogP contribution in [0, 0.1) is 0 Å². The summed E-state index contributed by atoms with van der Waals surface area (Å²) in [5.41, 5.74) is 6.21. The van der Waals surface area contributed by atoms with Crippen LogP contribution >= 0.6 is 11.8 Å². The summed E-state index contributed by atoms with van der Waals surface area (Å²) >= 11 is 1.16. The Bertz CT molecular complexity index is 1060. The topological polar surface area (TPSA) is 138 Å². The minimum Gasteiger partial charge on any atom is -0.493 e. The summed E-state index contributed by atoms with van der Waals surface area (Å²) in [6.45, 7) is 3.36. The van der Waals surface area contributed by atoms with E-state index in [9.17, 15) is 9.59 Å². The molecule has 12 nitrogen and oxygen atoms in total. The van der Waals surface area contributed by atoms with Crippen LogP contribution < -0.4 is 39.3 Å². The first kappa shape index (κ1) is 31.1. The average Bonchev–Trinajstić information content (AvgIpc) is 2.95. The second-order valence-corrected chi connectivity index (χ2v) is 9.49. The third kappa shape index (κ3) is 8.43. The minimum atomic E-state index is -0.568. The third-order valence-electron chi connectivity index (χ3n) is 5.30. The summed E-state index contributed by atoms with van der Waals surface area (Å²) in [7, 11) is 9.06. The highest BCUT2D eigenvalue weighted by Gasteiger charge is 2.21. The number of hydrogen-bond acceptors (Lipinski definition) is 11. The molecular formula is C26H34N4O8S. The quantitative estimate of drug-likeness (QED) is 0.263. The molecular weight excluding hydrogens is 528 g/mol. The largest absolute Gasteiger partial charge is 0.493 e. The van der Waals surface area contributed by atoms with E-state index in [-0.39, 0.29) is 11.8 Å². The predicted octanol–water partition coefficient (Wildman–Crippen LogP) is 2.85. The fraction of sp³-hybridized carbons (Fsp3) is 0.385. The molecule has 2 aromatic carbocycles. The van der Waals surface area contributed by atoms with Gasteiger partial charge in [-0.1, -0.05) is 0 Å². The molecule has 0 spiro atoms. The van der Waals surface area contributed by atoms with Gasteiger partial charge >= 0.3 is 0 Å². The lowest BCUT2D eigenvalue weighted by Crippen LogP contribution is -2.33. The van der Waals surface area contributed by atoms with Gasteiger partial charge in [-0.3, -0.25) is 9.59 Å². The molecule has 0 fully saturated rings. The van der Waals surface area contributed by atoms with Gasteiger partial charge in [-0.15, -0.1) is 11.8 Å². The Hall–Kier alpha value is -4.13. The Labute approximate surface area is 232 Å². The molecule has 0 saturated heterocycles. The molecule has 2 unspecified atom stereocenters. The molecule has 212 valence electrons. The highest BCUT2D eigenvalue weighted by Crippen LogP contribution is 2.38. The molecule has 0 aliphatic rings. The van der Waals surface area contributed by atoms with Gasteiger partial charge in [-0.2, -0.15) is 10.2 Å². The van der Waals surface area contributed by atoms with E-state index in [0.29, 0.717) is 45.6 Å². The Morgan fingerprint density at radius 1 is 0.641 bits per heavy atom. The van der Waals surface area contributed by atoms with E-state index in [0.717, 1.165) is 11.8 Å². The van der Waals surface area contributed by atoms with Crippen LogP contribution in [-0.2, 0) is 9.59 Å². The molecule has 2 atom stereocenters. The molecule has 0 heterocycles. The van der Waals surface area contributed by atoms with Crippen LogP contribution in [0.4, 0.5) is 0 Å². The Morgan fingerprint density at radius 3 is 1.21 bits per heavy atom. The van der Waals surface area contributed by atoms with Crippen LogP contribution in [0.1, 0.15) is 25.0 Å². The number of amides is 2. The van der Waals surface area contributed by atoms with Crippen molar-refractivity contribution in [2.45, 2.75) is 24.3 Å². The number of carbonyl (C=O) groups is 2.